The van der Waals surface area contributed by atoms with Crippen LogP contribution in [-0.2, 0) is 4.79 Å². The van der Waals surface area contributed by atoms with E-state index in [0.717, 1.165) is 18.9 Å². The van der Waals surface area contributed by atoms with Crippen LogP contribution >= 0.6 is 0 Å². The van der Waals surface area contributed by atoms with Crippen LogP contribution in [0.1, 0.15) is 47.5 Å². The molecule has 3 nitrogen and oxygen atoms in total. The highest BCUT2D eigenvalue weighted by Crippen LogP contribution is 2.01. The van der Waals surface area contributed by atoms with Crippen LogP contribution in [0, 0.1) is 5.92 Å². The largest absolute Gasteiger partial charge is 0.355 e. The molecule has 0 fully saturated rings. The van der Waals surface area contributed by atoms with E-state index >= 15 is 0 Å². The third kappa shape index (κ3) is 11.4. The van der Waals surface area contributed by atoms with E-state index in [9.17, 15) is 4.79 Å². The van der Waals surface area contributed by atoms with Gasteiger partial charge in [-0.1, -0.05) is 13.8 Å². The Labute approximate surface area is 94.0 Å². The molecule has 0 saturated carbocycles. The molecule has 0 rings (SSSR count). The van der Waals surface area contributed by atoms with Gasteiger partial charge in [0.2, 0.25) is 5.91 Å². The lowest BCUT2D eigenvalue weighted by atomic mass is 10.1. The molecule has 0 aromatic rings. The Kier molecular flexibility index (Phi) is 6.57. The average Bonchev–Trinajstić information content (AvgIpc) is 2.07. The lowest BCUT2D eigenvalue weighted by Crippen LogP contribution is -2.43. The molecular formula is C12H26N2O. The van der Waals surface area contributed by atoms with E-state index in [2.05, 4.69) is 45.3 Å². The zero-order valence-corrected chi connectivity index (χ0v) is 10.8. The van der Waals surface area contributed by atoms with E-state index in [1.54, 1.807) is 0 Å². The number of carbonyl (C=O) groups is 1. The minimum Gasteiger partial charge on any atom is -0.355 e. The van der Waals surface area contributed by atoms with Gasteiger partial charge in [0.05, 0.1) is 6.54 Å². The fourth-order valence-corrected chi connectivity index (χ4v) is 1.15. The molecule has 0 aliphatic heterocycles. The van der Waals surface area contributed by atoms with Gasteiger partial charge in [-0.3, -0.25) is 4.79 Å². The number of carbonyl (C=O) groups excluding carboxylic acids is 1. The average molecular weight is 214 g/mol. The van der Waals surface area contributed by atoms with Crippen molar-refractivity contribution in [3.05, 3.63) is 0 Å². The quantitative estimate of drug-likeness (QED) is 0.663. The van der Waals surface area contributed by atoms with Gasteiger partial charge < -0.3 is 10.6 Å². The molecule has 0 aliphatic carbocycles. The van der Waals surface area contributed by atoms with Crippen molar-refractivity contribution in [1.29, 1.82) is 0 Å². The maximum Gasteiger partial charge on any atom is 0.233 e. The fourth-order valence-electron chi connectivity index (χ4n) is 1.15. The molecule has 0 unspecified atom stereocenters. The van der Waals surface area contributed by atoms with Crippen molar-refractivity contribution in [2.24, 2.45) is 5.92 Å². The first-order valence-corrected chi connectivity index (χ1v) is 5.83. The van der Waals surface area contributed by atoms with E-state index in [1.807, 2.05) is 0 Å². The Morgan fingerprint density at radius 3 is 2.33 bits per heavy atom. The lowest BCUT2D eigenvalue weighted by Gasteiger charge is -2.20. The van der Waals surface area contributed by atoms with Crippen LogP contribution in [0.2, 0.25) is 0 Å². The molecule has 90 valence electrons. The molecule has 0 aromatic heterocycles. The highest BCUT2D eigenvalue weighted by Gasteiger charge is 2.10. The summed E-state index contributed by atoms with van der Waals surface area (Å²) in [6.45, 7) is 11.8. The number of rotatable bonds is 6. The number of hydrogen-bond donors (Lipinski definition) is 2. The van der Waals surface area contributed by atoms with Crippen LogP contribution in [-0.4, -0.2) is 24.5 Å². The van der Waals surface area contributed by atoms with Crippen molar-refractivity contribution in [1.82, 2.24) is 10.6 Å². The number of hydrogen-bond acceptors (Lipinski definition) is 2. The van der Waals surface area contributed by atoms with Crippen LogP contribution in [0.15, 0.2) is 0 Å². The van der Waals surface area contributed by atoms with Crippen LogP contribution in [0.5, 0.6) is 0 Å². The zero-order chi connectivity index (χ0) is 11.9. The molecule has 0 saturated heterocycles. The Bertz CT molecular complexity index is 183. The summed E-state index contributed by atoms with van der Waals surface area (Å²) in [5.74, 6) is 0.809. The maximum atomic E-state index is 11.4. The zero-order valence-electron chi connectivity index (χ0n) is 10.8. The van der Waals surface area contributed by atoms with Gasteiger partial charge in [-0.15, -0.1) is 0 Å². The minimum absolute atomic E-state index is 0.00920. The molecular weight excluding hydrogens is 188 g/mol. The molecule has 0 radical (unpaired) electrons. The second kappa shape index (κ2) is 6.83. The first-order chi connectivity index (χ1) is 6.81. The van der Waals surface area contributed by atoms with Crippen molar-refractivity contribution in [3.8, 4) is 0 Å². The molecule has 0 aliphatic rings. The van der Waals surface area contributed by atoms with E-state index in [0.29, 0.717) is 6.54 Å². The summed E-state index contributed by atoms with van der Waals surface area (Å²) in [5, 5.41) is 6.07. The predicted octanol–water partition coefficient (Wildman–Crippen LogP) is 1.93. The highest BCUT2D eigenvalue weighted by molar-refractivity contribution is 5.78. The van der Waals surface area contributed by atoms with Gasteiger partial charge in [0.1, 0.15) is 0 Å². The summed E-state index contributed by atoms with van der Waals surface area (Å²) < 4.78 is 0. The topological polar surface area (TPSA) is 41.1 Å². The monoisotopic (exact) mass is 214 g/mol. The smallest absolute Gasteiger partial charge is 0.233 e. The fraction of sp³-hybridized carbons (Fsp3) is 0.917. The van der Waals surface area contributed by atoms with Gasteiger partial charge in [-0.05, 0) is 39.5 Å². The Morgan fingerprint density at radius 1 is 1.27 bits per heavy atom. The third-order valence-electron chi connectivity index (χ3n) is 2.06. The summed E-state index contributed by atoms with van der Waals surface area (Å²) in [6, 6.07) is 0. The predicted molar refractivity (Wildman–Crippen MR) is 64.8 cm³/mol. The molecule has 0 aromatic carbocycles. The molecule has 3 heteroatoms. The highest BCUT2D eigenvalue weighted by atomic mass is 16.1. The summed E-state index contributed by atoms with van der Waals surface area (Å²) >= 11 is 0. The van der Waals surface area contributed by atoms with Gasteiger partial charge in [0.15, 0.2) is 0 Å². The maximum absolute atomic E-state index is 11.4. The van der Waals surface area contributed by atoms with Crippen molar-refractivity contribution in [2.75, 3.05) is 13.1 Å². The normalized spacial score (nSPS) is 11.9. The molecule has 2 N–H and O–H groups in total. The molecule has 0 spiro atoms. The van der Waals surface area contributed by atoms with E-state index in [4.69, 9.17) is 0 Å². The SMILES string of the molecule is CC(C)CCCNC(=O)CNC(C)(C)C. The first-order valence-electron chi connectivity index (χ1n) is 5.83. The van der Waals surface area contributed by atoms with Gasteiger partial charge in [-0.25, -0.2) is 0 Å². The van der Waals surface area contributed by atoms with E-state index in [-0.39, 0.29) is 11.4 Å². The summed E-state index contributed by atoms with van der Waals surface area (Å²) in [7, 11) is 0. The van der Waals surface area contributed by atoms with Gasteiger partial charge in [0, 0.05) is 12.1 Å². The molecule has 0 heterocycles. The Morgan fingerprint density at radius 2 is 1.87 bits per heavy atom. The molecule has 0 atom stereocenters. The third-order valence-corrected chi connectivity index (χ3v) is 2.06. The first kappa shape index (κ1) is 14.4. The van der Waals surface area contributed by atoms with E-state index < -0.39 is 0 Å². The van der Waals surface area contributed by atoms with Crippen molar-refractivity contribution >= 4 is 5.91 Å². The lowest BCUT2D eigenvalue weighted by molar-refractivity contribution is -0.120. The Hall–Kier alpha value is -0.570. The summed E-state index contributed by atoms with van der Waals surface area (Å²) in [6.07, 6.45) is 2.24. The second-order valence-corrected chi connectivity index (χ2v) is 5.49. The summed E-state index contributed by atoms with van der Waals surface area (Å²) in [4.78, 5) is 11.4. The van der Waals surface area contributed by atoms with Crippen LogP contribution in [0.4, 0.5) is 0 Å². The van der Waals surface area contributed by atoms with Gasteiger partial charge >= 0.3 is 0 Å². The Balaban J connectivity index is 3.42. The molecule has 0 bridgehead atoms. The summed E-state index contributed by atoms with van der Waals surface area (Å²) in [5.41, 5.74) is 0.00920. The number of nitrogens with one attached hydrogen (secondary N) is 2. The van der Waals surface area contributed by atoms with E-state index in [1.165, 1.54) is 6.42 Å². The van der Waals surface area contributed by atoms with Crippen LogP contribution in [0.3, 0.4) is 0 Å². The van der Waals surface area contributed by atoms with Crippen LogP contribution in [0.25, 0.3) is 0 Å². The van der Waals surface area contributed by atoms with Gasteiger partial charge in [0.25, 0.3) is 0 Å². The minimum atomic E-state index is 0.00920. The second-order valence-electron chi connectivity index (χ2n) is 5.49. The van der Waals surface area contributed by atoms with Crippen LogP contribution < -0.4 is 10.6 Å². The number of amides is 1. The molecule has 1 amide bonds. The molecule has 15 heavy (non-hydrogen) atoms. The van der Waals surface area contributed by atoms with Gasteiger partial charge in [-0.2, -0.15) is 0 Å². The van der Waals surface area contributed by atoms with Crippen molar-refractivity contribution in [3.63, 3.8) is 0 Å². The standard InChI is InChI=1S/C12H26N2O/c1-10(2)7-6-8-13-11(15)9-14-12(3,4)5/h10,14H,6-9H2,1-5H3,(H,13,15). The van der Waals surface area contributed by atoms with Crippen molar-refractivity contribution < 1.29 is 4.79 Å². The van der Waals surface area contributed by atoms with Crippen molar-refractivity contribution in [2.45, 2.75) is 53.0 Å².